The minimum atomic E-state index is -3.59. The Morgan fingerprint density at radius 3 is 2.90 bits per heavy atom. The number of hydrogen-bond acceptors (Lipinski definition) is 4. The molecule has 1 aromatic rings. The van der Waals surface area contributed by atoms with Crippen molar-refractivity contribution >= 4 is 10.0 Å². The van der Waals surface area contributed by atoms with Crippen molar-refractivity contribution in [1.82, 2.24) is 4.72 Å². The summed E-state index contributed by atoms with van der Waals surface area (Å²) in [6, 6.07) is 4.88. The third-order valence-corrected chi connectivity index (χ3v) is 5.45. The number of ether oxygens (including phenoxy) is 1. The summed E-state index contributed by atoms with van der Waals surface area (Å²) < 4.78 is 32.4. The van der Waals surface area contributed by atoms with Crippen molar-refractivity contribution in [2.24, 2.45) is 5.92 Å². The highest BCUT2D eigenvalue weighted by Crippen LogP contribution is 2.39. The van der Waals surface area contributed by atoms with Crippen LogP contribution in [-0.4, -0.2) is 32.3 Å². The van der Waals surface area contributed by atoms with Crippen LogP contribution in [0.15, 0.2) is 23.1 Å². The molecule has 0 saturated heterocycles. The molecule has 110 valence electrons. The smallest absolute Gasteiger partial charge is 0.240 e. The lowest BCUT2D eigenvalue weighted by molar-refractivity contribution is 0.0422. The van der Waals surface area contributed by atoms with E-state index < -0.39 is 15.6 Å². The lowest BCUT2D eigenvalue weighted by atomic mass is 10.0. The predicted molar refractivity (Wildman–Crippen MR) is 74.2 cm³/mol. The Balaban J connectivity index is 1.74. The number of hydrogen-bond donors (Lipinski definition) is 2. The van der Waals surface area contributed by atoms with Gasteiger partial charge < -0.3 is 9.84 Å². The van der Waals surface area contributed by atoms with E-state index in [1.807, 2.05) is 0 Å². The highest BCUT2D eigenvalue weighted by molar-refractivity contribution is 7.89. The molecule has 5 nitrogen and oxygen atoms in total. The average molecular weight is 297 g/mol. The summed E-state index contributed by atoms with van der Waals surface area (Å²) >= 11 is 0. The van der Waals surface area contributed by atoms with Gasteiger partial charge in [-0.2, -0.15) is 0 Å². The Bertz CT molecular complexity index is 620. The Morgan fingerprint density at radius 2 is 2.20 bits per heavy atom. The van der Waals surface area contributed by atoms with E-state index in [9.17, 15) is 13.5 Å². The van der Waals surface area contributed by atoms with E-state index in [4.69, 9.17) is 4.74 Å². The molecule has 2 aliphatic rings. The molecule has 1 aromatic carbocycles. The van der Waals surface area contributed by atoms with Gasteiger partial charge in [0.15, 0.2) is 0 Å². The molecule has 0 amide bonds. The molecule has 3 rings (SSSR count). The second kappa shape index (κ2) is 4.72. The maximum Gasteiger partial charge on any atom is 0.240 e. The van der Waals surface area contributed by atoms with Crippen LogP contribution < -0.4 is 9.46 Å². The molecule has 1 unspecified atom stereocenters. The maximum atomic E-state index is 12.3. The molecule has 20 heavy (non-hydrogen) atoms. The average Bonchev–Trinajstić information content (AvgIpc) is 3.16. The van der Waals surface area contributed by atoms with Crippen LogP contribution in [-0.2, 0) is 16.4 Å². The number of nitrogens with one attached hydrogen (secondary N) is 1. The number of fused-ring (bicyclic) bond motifs is 1. The van der Waals surface area contributed by atoms with Gasteiger partial charge in [0, 0.05) is 13.0 Å². The van der Waals surface area contributed by atoms with Crippen molar-refractivity contribution in [3.05, 3.63) is 23.8 Å². The van der Waals surface area contributed by atoms with Crippen molar-refractivity contribution < 1.29 is 18.3 Å². The van der Waals surface area contributed by atoms with Gasteiger partial charge in [0.25, 0.3) is 0 Å². The lowest BCUT2D eigenvalue weighted by Crippen LogP contribution is -2.42. The van der Waals surface area contributed by atoms with Gasteiger partial charge in [0.2, 0.25) is 10.0 Å². The molecule has 1 fully saturated rings. The van der Waals surface area contributed by atoms with E-state index in [0.29, 0.717) is 6.61 Å². The van der Waals surface area contributed by atoms with Crippen molar-refractivity contribution in [3.63, 3.8) is 0 Å². The van der Waals surface area contributed by atoms with Crippen LogP contribution in [0, 0.1) is 5.92 Å². The molecule has 0 bridgehead atoms. The Hall–Kier alpha value is -1.11. The van der Waals surface area contributed by atoms with E-state index in [1.54, 1.807) is 25.1 Å². The third kappa shape index (κ3) is 2.68. The molecule has 1 aliphatic heterocycles. The Kier molecular flexibility index (Phi) is 3.27. The summed E-state index contributed by atoms with van der Waals surface area (Å²) in [5, 5.41) is 10.2. The van der Waals surface area contributed by atoms with Crippen molar-refractivity contribution in [3.8, 4) is 5.75 Å². The summed E-state index contributed by atoms with van der Waals surface area (Å²) in [6.07, 6.45) is 2.66. The first kappa shape index (κ1) is 13.9. The Morgan fingerprint density at radius 1 is 1.45 bits per heavy atom. The Labute approximate surface area is 119 Å². The largest absolute Gasteiger partial charge is 0.493 e. The fraction of sp³-hybridized carbons (Fsp3) is 0.571. The second-order valence-electron chi connectivity index (χ2n) is 5.82. The monoisotopic (exact) mass is 297 g/mol. The highest BCUT2D eigenvalue weighted by atomic mass is 32.2. The van der Waals surface area contributed by atoms with E-state index in [-0.39, 0.29) is 17.4 Å². The highest BCUT2D eigenvalue weighted by Gasteiger charge is 2.40. The van der Waals surface area contributed by atoms with Gasteiger partial charge in [-0.15, -0.1) is 0 Å². The molecule has 1 heterocycles. The lowest BCUT2D eigenvalue weighted by Gasteiger charge is -2.23. The zero-order valence-corrected chi connectivity index (χ0v) is 12.2. The van der Waals surface area contributed by atoms with Gasteiger partial charge >= 0.3 is 0 Å². The summed E-state index contributed by atoms with van der Waals surface area (Å²) in [5.74, 6) is 0.965. The standard InChI is InChI=1S/C14H19NO4S/c1-14(16,11-2-3-11)9-15-20(17,18)12-4-5-13-10(8-12)6-7-19-13/h4-5,8,11,15-16H,2-3,6-7,9H2,1H3. The molecular weight excluding hydrogens is 278 g/mol. The normalized spacial score (nSPS) is 21.1. The van der Waals surface area contributed by atoms with Crippen LogP contribution in [0.25, 0.3) is 0 Å². The molecule has 2 N–H and O–H groups in total. The molecule has 1 atom stereocenters. The topological polar surface area (TPSA) is 75.6 Å². The van der Waals surface area contributed by atoms with E-state index in [2.05, 4.69) is 4.72 Å². The minimum Gasteiger partial charge on any atom is -0.493 e. The number of benzene rings is 1. The van der Waals surface area contributed by atoms with Crippen LogP contribution in [0.3, 0.4) is 0 Å². The van der Waals surface area contributed by atoms with Crippen molar-refractivity contribution in [1.29, 1.82) is 0 Å². The molecular formula is C14H19NO4S. The van der Waals surface area contributed by atoms with Gasteiger partial charge in [-0.1, -0.05) is 0 Å². The van der Waals surface area contributed by atoms with Gasteiger partial charge in [0.1, 0.15) is 5.75 Å². The number of aliphatic hydroxyl groups is 1. The van der Waals surface area contributed by atoms with Gasteiger partial charge in [0.05, 0.1) is 17.1 Å². The second-order valence-corrected chi connectivity index (χ2v) is 7.59. The minimum absolute atomic E-state index is 0.0492. The first-order valence-corrected chi connectivity index (χ1v) is 8.35. The van der Waals surface area contributed by atoms with Crippen molar-refractivity contribution in [2.75, 3.05) is 13.2 Å². The van der Waals surface area contributed by atoms with Crippen LogP contribution in [0.4, 0.5) is 0 Å². The van der Waals surface area contributed by atoms with E-state index in [0.717, 1.165) is 30.6 Å². The molecule has 1 aliphatic carbocycles. The zero-order valence-electron chi connectivity index (χ0n) is 11.4. The van der Waals surface area contributed by atoms with Gasteiger partial charge in [-0.3, -0.25) is 0 Å². The molecule has 6 heteroatoms. The van der Waals surface area contributed by atoms with Crippen LogP contribution >= 0.6 is 0 Å². The summed E-state index contributed by atoms with van der Waals surface area (Å²) in [4.78, 5) is 0.230. The van der Waals surface area contributed by atoms with E-state index in [1.165, 1.54) is 0 Å². The molecule has 0 aromatic heterocycles. The quantitative estimate of drug-likeness (QED) is 0.852. The molecule has 1 saturated carbocycles. The summed E-state index contributed by atoms with van der Waals surface area (Å²) in [5.41, 5.74) is -0.0470. The number of rotatable bonds is 5. The number of sulfonamides is 1. The van der Waals surface area contributed by atoms with Gasteiger partial charge in [-0.25, -0.2) is 13.1 Å². The fourth-order valence-corrected chi connectivity index (χ4v) is 3.70. The summed E-state index contributed by atoms with van der Waals surface area (Å²) in [6.45, 7) is 2.33. The van der Waals surface area contributed by atoms with Crippen LogP contribution in [0.1, 0.15) is 25.3 Å². The van der Waals surface area contributed by atoms with E-state index >= 15 is 0 Å². The fourth-order valence-electron chi connectivity index (χ4n) is 2.50. The zero-order chi connectivity index (χ0) is 14.4. The molecule has 0 spiro atoms. The first-order chi connectivity index (χ1) is 9.38. The maximum absolute atomic E-state index is 12.3. The summed E-state index contributed by atoms with van der Waals surface area (Å²) in [7, 11) is -3.59. The SMILES string of the molecule is CC(O)(CNS(=O)(=O)c1ccc2c(c1)CCO2)C1CC1. The predicted octanol–water partition coefficient (Wildman–Crippen LogP) is 1.06. The van der Waals surface area contributed by atoms with Crippen molar-refractivity contribution in [2.45, 2.75) is 36.7 Å². The van der Waals surface area contributed by atoms with Gasteiger partial charge in [-0.05, 0) is 49.4 Å². The van der Waals surface area contributed by atoms with Crippen LogP contribution in [0.5, 0.6) is 5.75 Å². The van der Waals surface area contributed by atoms with Crippen LogP contribution in [0.2, 0.25) is 0 Å². The first-order valence-electron chi connectivity index (χ1n) is 6.86. The molecule has 0 radical (unpaired) electrons. The third-order valence-electron chi connectivity index (χ3n) is 4.05.